The van der Waals surface area contributed by atoms with Crippen LogP contribution in [0.5, 0.6) is 0 Å². The molecule has 0 N–H and O–H groups in total. The van der Waals surface area contributed by atoms with Crippen molar-refractivity contribution in [3.63, 3.8) is 0 Å². The predicted octanol–water partition coefficient (Wildman–Crippen LogP) is 16.3. The van der Waals surface area contributed by atoms with Crippen molar-refractivity contribution in [3.05, 3.63) is 224 Å². The van der Waals surface area contributed by atoms with Crippen molar-refractivity contribution < 1.29 is 4.42 Å². The summed E-state index contributed by atoms with van der Waals surface area (Å²) in [6.07, 6.45) is 0. The Hall–Kier alpha value is -7.68. The second-order valence-electron chi connectivity index (χ2n) is 15.3. The highest BCUT2D eigenvalue weighted by Crippen LogP contribution is 2.41. The number of fused-ring (bicyclic) bond motifs is 5. The fourth-order valence-electron chi connectivity index (χ4n) is 8.82. The van der Waals surface area contributed by atoms with E-state index in [-0.39, 0.29) is 0 Å². The molecule has 11 rings (SSSR count). The molecule has 0 atom stereocenters. The number of furan rings is 1. The lowest BCUT2D eigenvalue weighted by molar-refractivity contribution is 0.667. The molecule has 10 aromatic carbocycles. The smallest absolute Gasteiger partial charge is 0.143 e. The number of para-hydroxylation sites is 2. The maximum absolute atomic E-state index is 6.54. The zero-order chi connectivity index (χ0) is 39.3. The Morgan fingerprint density at radius 2 is 0.644 bits per heavy atom. The zero-order valence-electron chi connectivity index (χ0n) is 32.6. The van der Waals surface area contributed by atoms with Crippen molar-refractivity contribution in [2.75, 3.05) is 4.90 Å². The summed E-state index contributed by atoms with van der Waals surface area (Å²) in [6.45, 7) is 2.11. The minimum absolute atomic E-state index is 0.922. The van der Waals surface area contributed by atoms with Crippen LogP contribution in [-0.4, -0.2) is 0 Å². The highest BCUT2D eigenvalue weighted by atomic mass is 16.3. The van der Waals surface area contributed by atoms with Gasteiger partial charge in [0.05, 0.1) is 0 Å². The van der Waals surface area contributed by atoms with E-state index in [9.17, 15) is 0 Å². The first-order chi connectivity index (χ1) is 29.2. The van der Waals surface area contributed by atoms with E-state index in [2.05, 4.69) is 230 Å². The van der Waals surface area contributed by atoms with Crippen molar-refractivity contribution in [3.8, 4) is 44.5 Å². The molecule has 0 bridgehead atoms. The summed E-state index contributed by atoms with van der Waals surface area (Å²) in [6, 6.07) is 78.8. The summed E-state index contributed by atoms with van der Waals surface area (Å²) in [5, 5.41) is 7.32. The molecule has 0 amide bonds. The molecule has 2 nitrogen and oxygen atoms in total. The summed E-state index contributed by atoms with van der Waals surface area (Å²) in [5.74, 6) is 0. The SMILES string of the molecule is Cc1cccc2c1oc1c(-c3ccc(N(c4ccc(-c5ccc(-c6cccc7ccccc67)cc5)cc4)c4ccc(-c5cccc6ccccc56)cc4)cc3)cccc12. The van der Waals surface area contributed by atoms with Gasteiger partial charge in [0.2, 0.25) is 0 Å². The topological polar surface area (TPSA) is 16.4 Å². The summed E-state index contributed by atoms with van der Waals surface area (Å²) in [4.78, 5) is 2.34. The maximum atomic E-state index is 6.54. The minimum atomic E-state index is 0.922. The highest BCUT2D eigenvalue weighted by Gasteiger charge is 2.17. The number of aryl methyl sites for hydroxylation is 1. The average molecular weight is 754 g/mol. The van der Waals surface area contributed by atoms with Crippen LogP contribution in [0.4, 0.5) is 17.1 Å². The van der Waals surface area contributed by atoms with E-state index >= 15 is 0 Å². The Balaban J connectivity index is 0.960. The van der Waals surface area contributed by atoms with Gasteiger partial charge in [-0.2, -0.15) is 0 Å². The Kier molecular flexibility index (Phi) is 8.41. The third-order valence-corrected chi connectivity index (χ3v) is 11.8. The molecule has 0 aliphatic heterocycles. The van der Waals surface area contributed by atoms with E-state index in [1.807, 2.05) is 0 Å². The van der Waals surface area contributed by atoms with Crippen LogP contribution in [0.1, 0.15) is 5.56 Å². The average Bonchev–Trinajstić information content (AvgIpc) is 3.70. The van der Waals surface area contributed by atoms with Gasteiger partial charge >= 0.3 is 0 Å². The van der Waals surface area contributed by atoms with Crippen LogP contribution in [0.3, 0.4) is 0 Å². The summed E-state index contributed by atoms with van der Waals surface area (Å²) < 4.78 is 6.54. The molecular weight excluding hydrogens is 715 g/mol. The van der Waals surface area contributed by atoms with Gasteiger partial charge in [0.1, 0.15) is 11.2 Å². The minimum Gasteiger partial charge on any atom is -0.455 e. The van der Waals surface area contributed by atoms with Crippen molar-refractivity contribution in [2.45, 2.75) is 6.92 Å². The van der Waals surface area contributed by atoms with Crippen LogP contribution < -0.4 is 4.90 Å². The number of benzene rings is 10. The summed E-state index contributed by atoms with van der Waals surface area (Å²) in [5.41, 5.74) is 15.7. The number of nitrogens with zero attached hydrogens (tertiary/aromatic N) is 1. The highest BCUT2D eigenvalue weighted by molar-refractivity contribution is 6.10. The van der Waals surface area contributed by atoms with Gasteiger partial charge < -0.3 is 9.32 Å². The largest absolute Gasteiger partial charge is 0.455 e. The van der Waals surface area contributed by atoms with Gasteiger partial charge in [0.15, 0.2) is 0 Å². The molecule has 1 aromatic heterocycles. The van der Waals surface area contributed by atoms with Crippen LogP contribution in [-0.2, 0) is 0 Å². The Morgan fingerprint density at radius 1 is 0.288 bits per heavy atom. The lowest BCUT2D eigenvalue weighted by Gasteiger charge is -2.26. The molecule has 0 aliphatic carbocycles. The molecule has 0 spiro atoms. The molecule has 0 unspecified atom stereocenters. The molecule has 278 valence electrons. The Morgan fingerprint density at radius 3 is 1.19 bits per heavy atom. The quantitative estimate of drug-likeness (QED) is 0.161. The van der Waals surface area contributed by atoms with Crippen molar-refractivity contribution in [1.29, 1.82) is 0 Å². The van der Waals surface area contributed by atoms with Gasteiger partial charge in [0.25, 0.3) is 0 Å². The summed E-state index contributed by atoms with van der Waals surface area (Å²) >= 11 is 0. The molecule has 0 fully saturated rings. The lowest BCUT2D eigenvalue weighted by Crippen LogP contribution is -2.09. The molecule has 1 heterocycles. The van der Waals surface area contributed by atoms with Crippen LogP contribution >= 0.6 is 0 Å². The molecule has 0 radical (unpaired) electrons. The first-order valence-corrected chi connectivity index (χ1v) is 20.2. The first kappa shape index (κ1) is 34.6. The predicted molar refractivity (Wildman–Crippen MR) is 250 cm³/mol. The van der Waals surface area contributed by atoms with Gasteiger partial charge in [-0.05, 0) is 109 Å². The van der Waals surface area contributed by atoms with Crippen molar-refractivity contribution in [1.82, 2.24) is 0 Å². The first-order valence-electron chi connectivity index (χ1n) is 20.2. The monoisotopic (exact) mass is 753 g/mol. The molecule has 59 heavy (non-hydrogen) atoms. The number of hydrogen-bond donors (Lipinski definition) is 0. The molecule has 11 aromatic rings. The second-order valence-corrected chi connectivity index (χ2v) is 15.3. The van der Waals surface area contributed by atoms with Crippen molar-refractivity contribution in [2.24, 2.45) is 0 Å². The molecule has 2 heteroatoms. The number of hydrogen-bond acceptors (Lipinski definition) is 2. The molecule has 0 saturated carbocycles. The van der Waals surface area contributed by atoms with Crippen LogP contribution in [0.2, 0.25) is 0 Å². The Bertz CT molecular complexity index is 3290. The van der Waals surface area contributed by atoms with Gasteiger partial charge in [-0.25, -0.2) is 0 Å². The zero-order valence-corrected chi connectivity index (χ0v) is 32.6. The van der Waals surface area contributed by atoms with Gasteiger partial charge in [-0.3, -0.25) is 0 Å². The Labute approximate surface area is 343 Å². The van der Waals surface area contributed by atoms with Gasteiger partial charge in [-0.15, -0.1) is 0 Å². The van der Waals surface area contributed by atoms with Gasteiger partial charge in [-0.1, -0.05) is 182 Å². The van der Waals surface area contributed by atoms with Crippen LogP contribution in [0, 0.1) is 6.92 Å². The van der Waals surface area contributed by atoms with E-state index in [1.54, 1.807) is 0 Å². The van der Waals surface area contributed by atoms with E-state index in [4.69, 9.17) is 4.42 Å². The second kappa shape index (κ2) is 14.4. The standard InChI is InChI=1S/C57H39NO/c1-38-10-6-20-54-55-21-9-19-53(57(55)59-56(38)54)45-30-36-48(37-31-45)58(47-34-28-44(29-35-47)52-18-8-14-42-12-3-5-16-50(42)52)46-32-26-40(27-33-46)39-22-24-43(25-23-39)51-17-7-13-41-11-2-4-15-49(41)51/h2-37H,1H3. The number of rotatable bonds is 7. The van der Waals surface area contributed by atoms with E-state index in [0.29, 0.717) is 0 Å². The fraction of sp³-hybridized carbons (Fsp3) is 0.0175. The van der Waals surface area contributed by atoms with E-state index in [1.165, 1.54) is 54.9 Å². The van der Waals surface area contributed by atoms with E-state index < -0.39 is 0 Å². The third kappa shape index (κ3) is 6.14. The third-order valence-electron chi connectivity index (χ3n) is 11.8. The fourth-order valence-corrected chi connectivity index (χ4v) is 8.82. The molecular formula is C57H39NO. The van der Waals surface area contributed by atoms with Gasteiger partial charge in [0, 0.05) is 33.4 Å². The lowest BCUT2D eigenvalue weighted by atomic mass is 9.96. The van der Waals surface area contributed by atoms with E-state index in [0.717, 1.165) is 55.7 Å². The van der Waals surface area contributed by atoms with Crippen LogP contribution in [0.15, 0.2) is 223 Å². The maximum Gasteiger partial charge on any atom is 0.143 e. The van der Waals surface area contributed by atoms with Crippen molar-refractivity contribution >= 4 is 60.5 Å². The van der Waals surface area contributed by atoms with Crippen LogP contribution in [0.25, 0.3) is 88.0 Å². The molecule has 0 saturated heterocycles. The number of anilines is 3. The molecule has 0 aliphatic rings. The summed E-state index contributed by atoms with van der Waals surface area (Å²) in [7, 11) is 0. The normalized spacial score (nSPS) is 11.5.